The van der Waals surface area contributed by atoms with E-state index in [1.807, 2.05) is 56.3 Å². The van der Waals surface area contributed by atoms with Gasteiger partial charge in [0.15, 0.2) is 0 Å². The summed E-state index contributed by atoms with van der Waals surface area (Å²) in [6.45, 7) is 5.81. The van der Waals surface area contributed by atoms with E-state index >= 15 is 0 Å². The van der Waals surface area contributed by atoms with Crippen LogP contribution in [0.4, 0.5) is 5.69 Å². The van der Waals surface area contributed by atoms with Gasteiger partial charge in [0.05, 0.1) is 5.69 Å². The summed E-state index contributed by atoms with van der Waals surface area (Å²) in [5, 5.41) is 11.4. The summed E-state index contributed by atoms with van der Waals surface area (Å²) in [5.74, 6) is -0.308. The van der Waals surface area contributed by atoms with Crippen molar-refractivity contribution < 1.29 is 4.79 Å². The molecule has 2 aromatic heterocycles. The molecule has 7 heteroatoms. The van der Waals surface area contributed by atoms with Crippen molar-refractivity contribution in [3.8, 4) is 11.3 Å². The number of nitrogens with zero attached hydrogens (tertiary/aromatic N) is 4. The first-order valence-corrected chi connectivity index (χ1v) is 9.86. The maximum absolute atomic E-state index is 12.8. The van der Waals surface area contributed by atoms with E-state index in [0.717, 1.165) is 33.5 Å². The van der Waals surface area contributed by atoms with Crippen molar-refractivity contribution in [1.82, 2.24) is 19.4 Å². The first-order valence-electron chi connectivity index (χ1n) is 9.86. The Morgan fingerprint density at radius 2 is 1.83 bits per heavy atom. The second-order valence-corrected chi connectivity index (χ2v) is 7.37. The highest BCUT2D eigenvalue weighted by molar-refractivity contribution is 5.91. The number of carbonyl (C=O) groups excluding carboxylic acids is 1. The van der Waals surface area contributed by atoms with E-state index in [1.165, 1.54) is 16.4 Å². The van der Waals surface area contributed by atoms with Gasteiger partial charge in [-0.3, -0.25) is 9.59 Å². The topological polar surface area (TPSA) is 81.3 Å². The normalized spacial score (nSPS) is 11.0. The fraction of sp³-hybridized carbons (Fsp3) is 0.217. The van der Waals surface area contributed by atoms with E-state index in [0.29, 0.717) is 11.2 Å². The minimum atomic E-state index is -0.363. The van der Waals surface area contributed by atoms with Gasteiger partial charge in [-0.2, -0.15) is 10.2 Å². The van der Waals surface area contributed by atoms with E-state index in [4.69, 9.17) is 0 Å². The zero-order valence-corrected chi connectivity index (χ0v) is 17.2. The Morgan fingerprint density at radius 1 is 1.07 bits per heavy atom. The molecule has 0 radical (unpaired) electrons. The summed E-state index contributed by atoms with van der Waals surface area (Å²) in [6.07, 6.45) is 2.41. The molecule has 0 unspecified atom stereocenters. The second kappa shape index (κ2) is 7.94. The molecule has 0 saturated heterocycles. The molecular weight excluding hydrogens is 378 g/mol. The van der Waals surface area contributed by atoms with Gasteiger partial charge in [-0.05, 0) is 49.1 Å². The lowest BCUT2D eigenvalue weighted by atomic mass is 10.1. The highest BCUT2D eigenvalue weighted by Gasteiger charge is 2.13. The van der Waals surface area contributed by atoms with Crippen molar-refractivity contribution in [2.24, 2.45) is 0 Å². The lowest BCUT2D eigenvalue weighted by molar-refractivity contribution is -0.117. The van der Waals surface area contributed by atoms with Crippen molar-refractivity contribution in [1.29, 1.82) is 0 Å². The molecule has 0 bridgehead atoms. The fourth-order valence-electron chi connectivity index (χ4n) is 3.30. The van der Waals surface area contributed by atoms with Crippen LogP contribution < -0.4 is 10.9 Å². The Kier molecular flexibility index (Phi) is 5.18. The summed E-state index contributed by atoms with van der Waals surface area (Å²) in [7, 11) is 0. The molecular formula is C23H23N5O2. The molecule has 0 aliphatic rings. The van der Waals surface area contributed by atoms with Gasteiger partial charge in [-0.15, -0.1) is 0 Å². The van der Waals surface area contributed by atoms with Crippen LogP contribution in [0.25, 0.3) is 16.8 Å². The van der Waals surface area contributed by atoms with Gasteiger partial charge in [-0.1, -0.05) is 43.3 Å². The molecule has 2 aromatic carbocycles. The van der Waals surface area contributed by atoms with E-state index in [1.54, 1.807) is 6.07 Å². The minimum absolute atomic E-state index is 0.172. The lowest BCUT2D eigenvalue weighted by Gasteiger charge is -2.10. The van der Waals surface area contributed by atoms with Crippen LogP contribution in [0.3, 0.4) is 0 Å². The van der Waals surface area contributed by atoms with Gasteiger partial charge < -0.3 is 5.32 Å². The molecule has 0 atom stereocenters. The molecule has 0 aliphatic carbocycles. The summed E-state index contributed by atoms with van der Waals surface area (Å²) in [5.41, 5.74) is 5.60. The van der Waals surface area contributed by atoms with Crippen LogP contribution in [0.5, 0.6) is 0 Å². The number of hydrogen-bond donors (Lipinski definition) is 1. The number of benzene rings is 2. The average Bonchev–Trinajstić information content (AvgIpc) is 3.18. The fourth-order valence-corrected chi connectivity index (χ4v) is 3.30. The number of fused-ring (bicyclic) bond motifs is 1. The first kappa shape index (κ1) is 19.6. The Balaban J connectivity index is 1.59. The van der Waals surface area contributed by atoms with Gasteiger partial charge in [0.25, 0.3) is 5.56 Å². The van der Waals surface area contributed by atoms with Crippen LogP contribution in [0.15, 0.2) is 59.7 Å². The van der Waals surface area contributed by atoms with Gasteiger partial charge >= 0.3 is 0 Å². The van der Waals surface area contributed by atoms with Crippen LogP contribution in [-0.4, -0.2) is 25.3 Å². The van der Waals surface area contributed by atoms with Gasteiger partial charge in [0.1, 0.15) is 18.4 Å². The third kappa shape index (κ3) is 3.87. The van der Waals surface area contributed by atoms with Crippen molar-refractivity contribution in [3.05, 3.63) is 81.9 Å². The Labute approximate surface area is 174 Å². The SMILES string of the molecule is CCc1ccc(-c2cc3c(=O)n(CC(=O)Nc4cc(C)ccc4C)ncn3n2)cc1. The van der Waals surface area contributed by atoms with Crippen molar-refractivity contribution in [2.75, 3.05) is 5.32 Å². The van der Waals surface area contributed by atoms with Crippen molar-refractivity contribution in [3.63, 3.8) is 0 Å². The number of anilines is 1. The Bertz CT molecular complexity index is 1290. The standard InChI is InChI=1S/C23H23N5O2/c1-4-17-7-9-18(10-8-17)20-12-21-23(30)27(24-14-28(21)26-20)13-22(29)25-19-11-15(2)5-6-16(19)3/h5-12,14H,4,13H2,1-3H3,(H,25,29). The van der Waals surface area contributed by atoms with Crippen molar-refractivity contribution >= 4 is 17.1 Å². The van der Waals surface area contributed by atoms with Crippen LogP contribution in [0.1, 0.15) is 23.6 Å². The quantitative estimate of drug-likeness (QED) is 0.556. The third-order valence-corrected chi connectivity index (χ3v) is 5.11. The maximum atomic E-state index is 12.8. The summed E-state index contributed by atoms with van der Waals surface area (Å²) in [6, 6.07) is 15.6. The molecule has 2 heterocycles. The van der Waals surface area contributed by atoms with Crippen LogP contribution in [0.2, 0.25) is 0 Å². The summed E-state index contributed by atoms with van der Waals surface area (Å²) >= 11 is 0. The largest absolute Gasteiger partial charge is 0.324 e. The number of rotatable bonds is 5. The number of carbonyl (C=O) groups is 1. The molecule has 4 aromatic rings. The monoisotopic (exact) mass is 401 g/mol. The molecule has 0 spiro atoms. The smallest absolute Gasteiger partial charge is 0.293 e. The summed E-state index contributed by atoms with van der Waals surface area (Å²) < 4.78 is 2.60. The number of aromatic nitrogens is 4. The van der Waals surface area contributed by atoms with Crippen LogP contribution >= 0.6 is 0 Å². The van der Waals surface area contributed by atoms with Crippen LogP contribution in [-0.2, 0) is 17.8 Å². The van der Waals surface area contributed by atoms with E-state index in [9.17, 15) is 9.59 Å². The molecule has 30 heavy (non-hydrogen) atoms. The number of amides is 1. The molecule has 7 nitrogen and oxygen atoms in total. The van der Waals surface area contributed by atoms with E-state index in [-0.39, 0.29) is 18.0 Å². The van der Waals surface area contributed by atoms with E-state index < -0.39 is 0 Å². The van der Waals surface area contributed by atoms with E-state index in [2.05, 4.69) is 22.4 Å². The lowest BCUT2D eigenvalue weighted by Crippen LogP contribution is -2.30. The molecule has 0 aliphatic heterocycles. The third-order valence-electron chi connectivity index (χ3n) is 5.11. The molecule has 0 saturated carbocycles. The van der Waals surface area contributed by atoms with Crippen LogP contribution in [0, 0.1) is 13.8 Å². The predicted molar refractivity (Wildman–Crippen MR) is 117 cm³/mol. The Hall–Kier alpha value is -3.74. The number of aryl methyl sites for hydroxylation is 3. The zero-order chi connectivity index (χ0) is 21.3. The zero-order valence-electron chi connectivity index (χ0n) is 17.2. The first-order chi connectivity index (χ1) is 14.4. The molecule has 0 fully saturated rings. The second-order valence-electron chi connectivity index (χ2n) is 7.37. The molecule has 1 amide bonds. The highest BCUT2D eigenvalue weighted by atomic mass is 16.2. The van der Waals surface area contributed by atoms with Gasteiger partial charge in [0.2, 0.25) is 5.91 Å². The number of nitrogens with one attached hydrogen (secondary N) is 1. The predicted octanol–water partition coefficient (Wildman–Crippen LogP) is 3.38. The molecule has 4 rings (SSSR count). The number of hydrogen-bond acceptors (Lipinski definition) is 4. The average molecular weight is 401 g/mol. The highest BCUT2D eigenvalue weighted by Crippen LogP contribution is 2.19. The Morgan fingerprint density at radius 3 is 2.57 bits per heavy atom. The molecule has 152 valence electrons. The molecule has 1 N–H and O–H groups in total. The van der Waals surface area contributed by atoms with Gasteiger partial charge in [0, 0.05) is 11.3 Å². The van der Waals surface area contributed by atoms with Gasteiger partial charge in [-0.25, -0.2) is 9.20 Å². The van der Waals surface area contributed by atoms with Crippen molar-refractivity contribution in [2.45, 2.75) is 33.7 Å². The maximum Gasteiger partial charge on any atom is 0.293 e. The summed E-state index contributed by atoms with van der Waals surface area (Å²) in [4.78, 5) is 25.3. The minimum Gasteiger partial charge on any atom is -0.324 e.